The van der Waals surface area contributed by atoms with E-state index >= 15 is 0 Å². The lowest BCUT2D eigenvalue weighted by atomic mass is 9.88. The summed E-state index contributed by atoms with van der Waals surface area (Å²) >= 11 is 0. The van der Waals surface area contributed by atoms with Crippen LogP contribution in [-0.4, -0.2) is 4.98 Å². The summed E-state index contributed by atoms with van der Waals surface area (Å²) in [6.07, 6.45) is 0. The first-order valence-corrected chi connectivity index (χ1v) is 15.2. The number of pyridine rings is 1. The fourth-order valence-corrected chi connectivity index (χ4v) is 7.66. The Morgan fingerprint density at radius 2 is 0.886 bits per heavy atom. The number of aromatic nitrogens is 1. The maximum atomic E-state index is 5.39. The van der Waals surface area contributed by atoms with Gasteiger partial charge in [0.25, 0.3) is 0 Å². The Balaban J connectivity index is 1.31. The molecule has 0 atom stereocenters. The SMILES string of the molecule is c1cc(-c2ccc3ccc4cccc5ccc2c3c45)cc(-c2nc3ccccc3c3c4ccccc4c4ccccc4c23)c1. The lowest BCUT2D eigenvalue weighted by Gasteiger charge is -2.17. The van der Waals surface area contributed by atoms with Crippen molar-refractivity contribution in [1.82, 2.24) is 4.98 Å². The second-order valence-electron chi connectivity index (χ2n) is 11.9. The number of hydrogen-bond donors (Lipinski definition) is 0. The van der Waals surface area contributed by atoms with E-state index in [0.717, 1.165) is 16.8 Å². The third kappa shape index (κ3) is 3.21. The average Bonchev–Trinajstić information content (AvgIpc) is 3.10. The highest BCUT2D eigenvalue weighted by Gasteiger charge is 2.18. The minimum atomic E-state index is 1.02. The fraction of sp³-hybridized carbons (Fsp3) is 0. The zero-order chi connectivity index (χ0) is 28.8. The van der Waals surface area contributed by atoms with Crippen LogP contribution in [0.1, 0.15) is 0 Å². The minimum absolute atomic E-state index is 1.02. The van der Waals surface area contributed by atoms with Gasteiger partial charge in [-0.05, 0) is 77.1 Å². The molecule has 0 aliphatic carbocycles. The summed E-state index contributed by atoms with van der Waals surface area (Å²) in [5.41, 5.74) is 5.62. The Labute approximate surface area is 254 Å². The quantitative estimate of drug-likeness (QED) is 0.193. The van der Waals surface area contributed by atoms with E-state index in [0.29, 0.717) is 0 Å². The van der Waals surface area contributed by atoms with E-state index in [2.05, 4.69) is 152 Å². The second-order valence-corrected chi connectivity index (χ2v) is 11.9. The number of hydrogen-bond acceptors (Lipinski definition) is 1. The molecule has 202 valence electrons. The summed E-state index contributed by atoms with van der Waals surface area (Å²) in [4.78, 5) is 5.39. The number of benzene rings is 9. The summed E-state index contributed by atoms with van der Waals surface area (Å²) in [6, 6.07) is 55.4. The van der Waals surface area contributed by atoms with Gasteiger partial charge < -0.3 is 0 Å². The molecule has 44 heavy (non-hydrogen) atoms. The van der Waals surface area contributed by atoms with Gasteiger partial charge in [-0.3, -0.25) is 0 Å². The molecule has 0 amide bonds. The van der Waals surface area contributed by atoms with Crippen LogP contribution >= 0.6 is 0 Å². The Bertz CT molecular complexity index is 2750. The predicted molar refractivity (Wildman–Crippen MR) is 189 cm³/mol. The zero-order valence-corrected chi connectivity index (χ0v) is 23.9. The molecule has 0 saturated heterocycles. The van der Waals surface area contributed by atoms with Gasteiger partial charge in [-0.25, -0.2) is 4.98 Å². The van der Waals surface area contributed by atoms with Crippen molar-refractivity contribution >= 4 is 75.5 Å². The highest BCUT2D eigenvalue weighted by atomic mass is 14.7. The largest absolute Gasteiger partial charge is 0.247 e. The van der Waals surface area contributed by atoms with Gasteiger partial charge in [-0.2, -0.15) is 0 Å². The van der Waals surface area contributed by atoms with Gasteiger partial charge in [0, 0.05) is 21.7 Å². The maximum absolute atomic E-state index is 5.39. The summed E-state index contributed by atoms with van der Waals surface area (Å²) in [6.45, 7) is 0. The van der Waals surface area contributed by atoms with Gasteiger partial charge >= 0.3 is 0 Å². The normalized spacial score (nSPS) is 12.1. The number of para-hydroxylation sites is 1. The van der Waals surface area contributed by atoms with Crippen LogP contribution in [-0.2, 0) is 0 Å². The smallest absolute Gasteiger partial charge is 0.0794 e. The molecule has 0 aliphatic heterocycles. The van der Waals surface area contributed by atoms with Crippen molar-refractivity contribution in [1.29, 1.82) is 0 Å². The number of nitrogens with zero attached hydrogens (tertiary/aromatic N) is 1. The van der Waals surface area contributed by atoms with Gasteiger partial charge in [0.1, 0.15) is 0 Å². The van der Waals surface area contributed by atoms with Crippen LogP contribution in [0.25, 0.3) is 97.9 Å². The molecule has 0 fully saturated rings. The predicted octanol–water partition coefficient (Wildman–Crippen LogP) is 11.9. The van der Waals surface area contributed by atoms with Crippen molar-refractivity contribution in [2.75, 3.05) is 0 Å². The van der Waals surface area contributed by atoms with Crippen LogP contribution < -0.4 is 0 Å². The van der Waals surface area contributed by atoms with E-state index in [9.17, 15) is 0 Å². The van der Waals surface area contributed by atoms with Crippen molar-refractivity contribution < 1.29 is 0 Å². The molecular weight excluding hydrogens is 530 g/mol. The molecule has 10 aromatic rings. The maximum Gasteiger partial charge on any atom is 0.0794 e. The van der Waals surface area contributed by atoms with Crippen molar-refractivity contribution in [2.45, 2.75) is 0 Å². The lowest BCUT2D eigenvalue weighted by molar-refractivity contribution is 1.43. The van der Waals surface area contributed by atoms with E-state index in [1.165, 1.54) is 81.1 Å². The van der Waals surface area contributed by atoms with Crippen molar-refractivity contribution in [3.63, 3.8) is 0 Å². The molecule has 0 radical (unpaired) electrons. The van der Waals surface area contributed by atoms with Crippen LogP contribution in [0.3, 0.4) is 0 Å². The first-order valence-electron chi connectivity index (χ1n) is 15.2. The van der Waals surface area contributed by atoms with E-state index in [1.807, 2.05) is 0 Å². The second kappa shape index (κ2) is 8.86. The summed E-state index contributed by atoms with van der Waals surface area (Å²) < 4.78 is 0. The van der Waals surface area contributed by atoms with E-state index < -0.39 is 0 Å². The van der Waals surface area contributed by atoms with Crippen LogP contribution in [0, 0.1) is 0 Å². The molecule has 1 heteroatoms. The highest BCUT2D eigenvalue weighted by Crippen LogP contribution is 2.44. The molecular formula is C43H25N. The molecule has 0 saturated carbocycles. The monoisotopic (exact) mass is 555 g/mol. The molecule has 0 spiro atoms. The summed E-state index contributed by atoms with van der Waals surface area (Å²) in [5.74, 6) is 0. The summed E-state index contributed by atoms with van der Waals surface area (Å²) in [7, 11) is 0. The fourth-order valence-electron chi connectivity index (χ4n) is 7.66. The molecule has 0 unspecified atom stereocenters. The van der Waals surface area contributed by atoms with E-state index in [4.69, 9.17) is 4.98 Å². The average molecular weight is 556 g/mol. The standard InChI is InChI=1S/C43H25N/c1-3-15-34-32(13-1)33-14-2-4-16-35(33)42-41(34)37-17-5-6-18-38(37)44-43(42)30-12-8-11-29(25-30)31-23-21-28-20-19-26-9-7-10-27-22-24-36(31)40(28)39(26)27/h1-25H. The summed E-state index contributed by atoms with van der Waals surface area (Å²) in [5, 5.41) is 16.6. The molecule has 0 aliphatic rings. The van der Waals surface area contributed by atoms with E-state index in [-0.39, 0.29) is 0 Å². The van der Waals surface area contributed by atoms with Crippen LogP contribution in [0.4, 0.5) is 0 Å². The Morgan fingerprint density at radius 3 is 1.66 bits per heavy atom. The Kier molecular flexibility index (Phi) is 4.78. The van der Waals surface area contributed by atoms with Crippen molar-refractivity contribution in [3.05, 3.63) is 152 Å². The van der Waals surface area contributed by atoms with Crippen molar-refractivity contribution in [3.8, 4) is 22.4 Å². The highest BCUT2D eigenvalue weighted by molar-refractivity contribution is 6.33. The lowest BCUT2D eigenvalue weighted by Crippen LogP contribution is -1.93. The Hall–Kier alpha value is -5.79. The first kappa shape index (κ1) is 23.7. The first-order chi connectivity index (χ1) is 21.8. The molecule has 1 nitrogen and oxygen atoms in total. The van der Waals surface area contributed by atoms with Crippen LogP contribution in [0.2, 0.25) is 0 Å². The number of fused-ring (bicyclic) bond motifs is 8. The molecule has 10 rings (SSSR count). The van der Waals surface area contributed by atoms with Crippen molar-refractivity contribution in [2.24, 2.45) is 0 Å². The number of rotatable bonds is 2. The van der Waals surface area contributed by atoms with Crippen LogP contribution in [0.5, 0.6) is 0 Å². The van der Waals surface area contributed by atoms with Gasteiger partial charge in [0.2, 0.25) is 0 Å². The molecule has 0 bridgehead atoms. The molecule has 1 heterocycles. The van der Waals surface area contributed by atoms with Gasteiger partial charge in [0.05, 0.1) is 11.2 Å². The van der Waals surface area contributed by atoms with E-state index in [1.54, 1.807) is 0 Å². The third-order valence-electron chi connectivity index (χ3n) is 9.55. The van der Waals surface area contributed by atoms with Crippen LogP contribution in [0.15, 0.2) is 152 Å². The molecule has 0 N–H and O–H groups in total. The van der Waals surface area contributed by atoms with Gasteiger partial charge in [-0.1, -0.05) is 140 Å². The van der Waals surface area contributed by atoms with Gasteiger partial charge in [0.15, 0.2) is 0 Å². The molecule has 9 aromatic carbocycles. The topological polar surface area (TPSA) is 12.9 Å². The Morgan fingerprint density at radius 1 is 0.318 bits per heavy atom. The zero-order valence-electron chi connectivity index (χ0n) is 23.9. The third-order valence-corrected chi connectivity index (χ3v) is 9.55. The molecule has 1 aromatic heterocycles. The minimum Gasteiger partial charge on any atom is -0.247 e. The van der Waals surface area contributed by atoms with Gasteiger partial charge in [-0.15, -0.1) is 0 Å².